The number of rotatable bonds is 1. The topological polar surface area (TPSA) is 72.5 Å². The van der Waals surface area contributed by atoms with E-state index in [1.54, 1.807) is 0 Å². The van der Waals surface area contributed by atoms with Crippen molar-refractivity contribution in [2.75, 3.05) is 0 Å². The Morgan fingerprint density at radius 3 is 2.20 bits per heavy atom. The Morgan fingerprint density at radius 1 is 2.00 bits per heavy atom. The fourth-order valence-electron chi connectivity index (χ4n) is 0. The highest BCUT2D eigenvalue weighted by atomic mass is 28.3. The second-order valence-corrected chi connectivity index (χ2v) is 1.15. The lowest BCUT2D eigenvalue weighted by atomic mass is 13.6. The van der Waals surface area contributed by atoms with Crippen LogP contribution in [0.5, 0.6) is 0 Å². The van der Waals surface area contributed by atoms with Crippen molar-refractivity contribution in [3.8, 4) is 0 Å². The van der Waals surface area contributed by atoms with Crippen molar-refractivity contribution >= 4 is 9.17 Å². The van der Waals surface area contributed by atoms with Gasteiger partial charge in [0, 0.05) is 0 Å². The fraction of sp³-hybridized carbons (Fsp3) is 0. The predicted molar refractivity (Wildman–Crippen MR) is 13.9 cm³/mol. The summed E-state index contributed by atoms with van der Waals surface area (Å²) in [7, 11) is -2.85. The van der Waals surface area contributed by atoms with Gasteiger partial charge >= 0.3 is 9.17 Å². The monoisotopic (exact) mass is 93.0 g/mol. The van der Waals surface area contributed by atoms with Gasteiger partial charge in [-0.1, -0.05) is 0 Å². The molecule has 0 rings (SSSR count). The third-order valence-electron chi connectivity index (χ3n) is 0.101. The molecule has 0 bridgehead atoms. The van der Waals surface area contributed by atoms with Gasteiger partial charge in [0.25, 0.3) is 0 Å². The summed E-state index contributed by atoms with van der Waals surface area (Å²) in [5.74, 6) is 4.15. The maximum absolute atomic E-state index is 9.21. The van der Waals surface area contributed by atoms with Crippen LogP contribution in [0.25, 0.3) is 0 Å². The van der Waals surface area contributed by atoms with Crippen LogP contribution in [0, 0.1) is 0 Å². The van der Waals surface area contributed by atoms with Crippen LogP contribution in [-0.2, 0) is 8.99 Å². The Hall–Kier alpha value is -0.423. The van der Waals surface area contributed by atoms with E-state index in [1.807, 2.05) is 0 Å². The summed E-state index contributed by atoms with van der Waals surface area (Å²) in [5.41, 5.74) is 0. The van der Waals surface area contributed by atoms with Crippen molar-refractivity contribution in [2.24, 2.45) is 5.90 Å². The van der Waals surface area contributed by atoms with Gasteiger partial charge in [-0.3, -0.25) is 4.46 Å². The molecule has 0 amide bonds. The number of nitrogens with two attached hydrogens (primary N) is 1. The van der Waals surface area contributed by atoms with Crippen molar-refractivity contribution in [3.05, 3.63) is 0 Å². The largest absolute Gasteiger partial charge is 0.785 e. The van der Waals surface area contributed by atoms with E-state index in [4.69, 9.17) is 4.80 Å². The predicted octanol–water partition coefficient (Wildman–Crippen LogP) is -1.72. The number of hydrogen-bond donors (Lipinski definition) is 2. The van der Waals surface area contributed by atoms with Gasteiger partial charge in [0.2, 0.25) is 0 Å². The van der Waals surface area contributed by atoms with Gasteiger partial charge in [-0.05, 0) is 0 Å². The summed E-state index contributed by atoms with van der Waals surface area (Å²) in [6, 6.07) is 0. The third-order valence-corrected chi connectivity index (χ3v) is 0.302. The van der Waals surface area contributed by atoms with Gasteiger partial charge in [-0.15, -0.1) is 0 Å². The molecule has 0 aromatic heterocycles. The molecule has 0 aliphatic carbocycles. The van der Waals surface area contributed by atoms with Gasteiger partial charge in [-0.25, -0.2) is 0 Å². The summed E-state index contributed by atoms with van der Waals surface area (Å²) in [6.07, 6.45) is 0. The molecule has 0 atom stereocenters. The van der Waals surface area contributed by atoms with Crippen molar-refractivity contribution in [1.29, 1.82) is 0 Å². The van der Waals surface area contributed by atoms with E-state index in [0.29, 0.717) is 0 Å². The minimum Gasteiger partial charge on any atom is -0.511 e. The van der Waals surface area contributed by atoms with Crippen LogP contribution in [0.15, 0.2) is 0 Å². The highest BCUT2D eigenvalue weighted by Gasteiger charge is 1.95. The first-order valence-corrected chi connectivity index (χ1v) is 2.13. The molecule has 0 aromatic carbocycles. The molecule has 0 heterocycles. The van der Waals surface area contributed by atoms with Gasteiger partial charge in [-0.2, -0.15) is 5.90 Å². The summed E-state index contributed by atoms with van der Waals surface area (Å²) in [4.78, 5) is 7.56. The molecule has 30 valence electrons. The maximum atomic E-state index is 9.21. The van der Waals surface area contributed by atoms with E-state index < -0.39 is 9.17 Å². The second-order valence-electron chi connectivity index (χ2n) is 0.384. The molecule has 4 nitrogen and oxygen atoms in total. The molecule has 0 saturated carbocycles. The smallest absolute Gasteiger partial charge is 0.511 e. The maximum Gasteiger partial charge on any atom is 0.785 e. The van der Waals surface area contributed by atoms with E-state index in [9.17, 15) is 4.46 Å². The first-order valence-electron chi connectivity index (χ1n) is 0.868. The summed E-state index contributed by atoms with van der Waals surface area (Å²) < 4.78 is 12.6. The van der Waals surface area contributed by atoms with Crippen LogP contribution in [-0.4, -0.2) is 14.0 Å². The van der Waals surface area contributed by atoms with Crippen molar-refractivity contribution in [2.45, 2.75) is 0 Å². The summed E-state index contributed by atoms with van der Waals surface area (Å²) in [6.45, 7) is 0. The molecule has 0 aliphatic heterocycles. The minimum absolute atomic E-state index is 2.85. The zero-order valence-corrected chi connectivity index (χ0v) is 3.34. The van der Waals surface area contributed by atoms with Gasteiger partial charge < -0.3 is 9.32 Å². The molecule has 0 radical (unpaired) electrons. The lowest BCUT2D eigenvalue weighted by Gasteiger charge is -1.76. The summed E-state index contributed by atoms with van der Waals surface area (Å²) >= 11 is 0. The molecule has 0 aromatic rings. The Bertz CT molecular complexity index is 42.2. The minimum atomic E-state index is -2.85. The van der Waals surface area contributed by atoms with E-state index in [1.165, 1.54) is 0 Å². The fourth-order valence-corrected chi connectivity index (χ4v) is 0. The molecule has 0 aliphatic rings. The quantitative estimate of drug-likeness (QED) is 0.299. The lowest BCUT2D eigenvalue weighted by molar-refractivity contribution is 0.230. The highest BCUT2D eigenvalue weighted by Crippen LogP contribution is 1.44. The highest BCUT2D eigenvalue weighted by molar-refractivity contribution is 6.23. The van der Waals surface area contributed by atoms with Gasteiger partial charge in [0.1, 0.15) is 0 Å². The third kappa shape index (κ3) is 3.58. The van der Waals surface area contributed by atoms with E-state index in [0.717, 1.165) is 0 Å². The Morgan fingerprint density at radius 2 is 2.20 bits per heavy atom. The molecule has 0 spiro atoms. The van der Waals surface area contributed by atoms with E-state index >= 15 is 0 Å². The van der Waals surface area contributed by atoms with E-state index in [-0.39, 0.29) is 0 Å². The SMILES string of the molecule is NO[Si](=O)O. The molecule has 5 heteroatoms. The Labute approximate surface area is 30.0 Å². The van der Waals surface area contributed by atoms with Crippen LogP contribution in [0.4, 0.5) is 0 Å². The zero-order valence-electron chi connectivity index (χ0n) is 2.34. The van der Waals surface area contributed by atoms with Crippen LogP contribution in [0.1, 0.15) is 0 Å². The second kappa shape index (κ2) is 1.86. The zero-order chi connectivity index (χ0) is 4.28. The normalized spacial score (nSPS) is 6.60. The van der Waals surface area contributed by atoms with Crippen molar-refractivity contribution in [3.63, 3.8) is 0 Å². The molecule has 5 heavy (non-hydrogen) atoms. The van der Waals surface area contributed by atoms with Crippen LogP contribution in [0.2, 0.25) is 0 Å². The molecular weight excluding hydrogens is 90.1 g/mol. The van der Waals surface area contributed by atoms with Crippen molar-refractivity contribution in [1.82, 2.24) is 0 Å². The standard InChI is InChI=1S/H3NO3Si/c1-4-5(2)3/h2H,1H2. The first kappa shape index (κ1) is 4.58. The summed E-state index contributed by atoms with van der Waals surface area (Å²) in [5, 5.41) is 0. The Balaban J connectivity index is 2.85. The molecule has 0 unspecified atom stereocenters. The number of hydrogen-bond acceptors (Lipinski definition) is 3. The molecule has 0 saturated heterocycles. The van der Waals surface area contributed by atoms with Crippen LogP contribution < -0.4 is 5.90 Å². The Kier molecular flexibility index (Phi) is 1.70. The van der Waals surface area contributed by atoms with Crippen LogP contribution >= 0.6 is 0 Å². The average Bonchev–Trinajstić information content (AvgIpc) is 1.38. The lowest BCUT2D eigenvalue weighted by Crippen LogP contribution is -2.10. The average molecular weight is 93.1 g/mol. The van der Waals surface area contributed by atoms with Crippen molar-refractivity contribution < 1.29 is 13.8 Å². The van der Waals surface area contributed by atoms with Gasteiger partial charge in [0.05, 0.1) is 0 Å². The van der Waals surface area contributed by atoms with Crippen LogP contribution in [0.3, 0.4) is 0 Å². The molecular formula is H3NO3Si. The van der Waals surface area contributed by atoms with E-state index in [2.05, 4.69) is 10.4 Å². The molecule has 3 N–H and O–H groups in total. The first-order chi connectivity index (χ1) is 2.27. The van der Waals surface area contributed by atoms with Gasteiger partial charge in [0.15, 0.2) is 0 Å². The molecule has 0 fully saturated rings.